The zero-order chi connectivity index (χ0) is 11.6. The smallest absolute Gasteiger partial charge is 0.232 e. The maximum atomic E-state index is 11.9. The van der Waals surface area contributed by atoms with E-state index >= 15 is 0 Å². The number of amides is 1. The summed E-state index contributed by atoms with van der Waals surface area (Å²) in [6.45, 7) is 5.00. The molecule has 0 spiro atoms. The van der Waals surface area contributed by atoms with Gasteiger partial charge in [-0.05, 0) is 24.7 Å². The first-order chi connectivity index (χ1) is 6.97. The fourth-order valence-corrected chi connectivity index (χ4v) is 2.13. The molecule has 0 aromatic rings. The Morgan fingerprint density at radius 3 is 2.53 bits per heavy atom. The van der Waals surface area contributed by atoms with Gasteiger partial charge < -0.3 is 10.6 Å². The fraction of sp³-hybridized carbons (Fsp3) is 0.818. The summed E-state index contributed by atoms with van der Waals surface area (Å²) in [5.41, 5.74) is 5.54. The van der Waals surface area contributed by atoms with E-state index in [0.29, 0.717) is 17.3 Å². The van der Waals surface area contributed by atoms with Crippen molar-refractivity contribution in [2.45, 2.75) is 26.7 Å². The molecule has 3 nitrogen and oxygen atoms in total. The third-order valence-electron chi connectivity index (χ3n) is 3.21. The van der Waals surface area contributed by atoms with Gasteiger partial charge in [-0.3, -0.25) is 4.79 Å². The molecule has 86 valence electrons. The minimum absolute atomic E-state index is 0.0732. The molecule has 0 heterocycles. The molecule has 1 aliphatic rings. The number of carbonyl (C=O) groups is 1. The predicted molar refractivity (Wildman–Crippen MR) is 65.5 cm³/mol. The third kappa shape index (κ3) is 3.16. The summed E-state index contributed by atoms with van der Waals surface area (Å²) in [4.78, 5) is 14.0. The van der Waals surface area contributed by atoms with Crippen LogP contribution in [-0.2, 0) is 4.79 Å². The van der Waals surface area contributed by atoms with Crippen LogP contribution in [-0.4, -0.2) is 29.4 Å². The van der Waals surface area contributed by atoms with Crippen molar-refractivity contribution in [1.29, 1.82) is 0 Å². The molecule has 15 heavy (non-hydrogen) atoms. The van der Waals surface area contributed by atoms with Crippen LogP contribution < -0.4 is 5.73 Å². The van der Waals surface area contributed by atoms with Gasteiger partial charge in [0.25, 0.3) is 0 Å². The zero-order valence-electron chi connectivity index (χ0n) is 9.69. The van der Waals surface area contributed by atoms with Gasteiger partial charge in [0.2, 0.25) is 5.91 Å². The van der Waals surface area contributed by atoms with E-state index in [9.17, 15) is 4.79 Å². The Morgan fingerprint density at radius 2 is 2.20 bits per heavy atom. The van der Waals surface area contributed by atoms with Crippen molar-refractivity contribution in [3.05, 3.63) is 0 Å². The Balaban J connectivity index is 2.46. The lowest BCUT2D eigenvalue weighted by molar-refractivity contribution is -0.132. The van der Waals surface area contributed by atoms with Crippen molar-refractivity contribution in [1.82, 2.24) is 4.90 Å². The molecule has 0 aliphatic heterocycles. The predicted octanol–water partition coefficient (Wildman–Crippen LogP) is 1.41. The van der Waals surface area contributed by atoms with E-state index < -0.39 is 0 Å². The molecule has 0 aromatic carbocycles. The molecule has 3 atom stereocenters. The molecule has 0 radical (unpaired) electrons. The van der Waals surface area contributed by atoms with Gasteiger partial charge in [-0.1, -0.05) is 26.1 Å². The van der Waals surface area contributed by atoms with Gasteiger partial charge in [0.05, 0.1) is 10.9 Å². The first-order valence-corrected chi connectivity index (χ1v) is 5.92. The van der Waals surface area contributed by atoms with Crippen molar-refractivity contribution in [3.8, 4) is 0 Å². The number of carbonyl (C=O) groups excluding carboxylic acids is 1. The molecule has 1 amide bonds. The molecule has 0 aromatic heterocycles. The van der Waals surface area contributed by atoms with E-state index in [0.717, 1.165) is 12.5 Å². The molecule has 0 bridgehead atoms. The van der Waals surface area contributed by atoms with Crippen molar-refractivity contribution in [2.24, 2.45) is 23.5 Å². The van der Waals surface area contributed by atoms with Crippen LogP contribution in [0.25, 0.3) is 0 Å². The van der Waals surface area contributed by atoms with E-state index in [1.807, 2.05) is 14.0 Å². The van der Waals surface area contributed by atoms with Crippen LogP contribution in [0.5, 0.6) is 0 Å². The molecular weight excluding hydrogens is 208 g/mol. The van der Waals surface area contributed by atoms with Gasteiger partial charge >= 0.3 is 0 Å². The van der Waals surface area contributed by atoms with Crippen LogP contribution in [0.1, 0.15) is 26.7 Å². The number of nitrogens with zero attached hydrogens (tertiary/aromatic N) is 1. The van der Waals surface area contributed by atoms with Gasteiger partial charge in [-0.15, -0.1) is 0 Å². The second kappa shape index (κ2) is 4.92. The summed E-state index contributed by atoms with van der Waals surface area (Å²) in [6.07, 6.45) is 1.93. The molecule has 1 fully saturated rings. The van der Waals surface area contributed by atoms with Crippen LogP contribution in [0.15, 0.2) is 0 Å². The van der Waals surface area contributed by atoms with Crippen LogP contribution in [0, 0.1) is 17.8 Å². The van der Waals surface area contributed by atoms with Crippen LogP contribution in [0.2, 0.25) is 0 Å². The van der Waals surface area contributed by atoms with Gasteiger partial charge in [-0.2, -0.15) is 0 Å². The lowest BCUT2D eigenvalue weighted by Crippen LogP contribution is -2.39. The van der Waals surface area contributed by atoms with Crippen molar-refractivity contribution < 1.29 is 4.79 Å². The lowest BCUT2D eigenvalue weighted by atomic mass is 10.1. The number of nitrogens with two attached hydrogens (primary N) is 1. The summed E-state index contributed by atoms with van der Waals surface area (Å²) in [5.74, 6) is 1.25. The first-order valence-electron chi connectivity index (χ1n) is 5.51. The van der Waals surface area contributed by atoms with Crippen LogP contribution in [0.4, 0.5) is 0 Å². The maximum absolute atomic E-state index is 11.9. The second-order valence-electron chi connectivity index (χ2n) is 4.56. The third-order valence-corrected chi connectivity index (χ3v) is 3.50. The monoisotopic (exact) mass is 228 g/mol. The number of thiocarbonyl (C=S) groups is 1. The fourth-order valence-electron chi connectivity index (χ4n) is 1.86. The average Bonchev–Trinajstić information content (AvgIpc) is 2.81. The van der Waals surface area contributed by atoms with E-state index in [2.05, 4.69) is 6.92 Å². The second-order valence-corrected chi connectivity index (χ2v) is 5.03. The van der Waals surface area contributed by atoms with E-state index in [1.165, 1.54) is 6.42 Å². The lowest BCUT2D eigenvalue weighted by Gasteiger charge is -2.22. The summed E-state index contributed by atoms with van der Waals surface area (Å²) >= 11 is 4.89. The van der Waals surface area contributed by atoms with Gasteiger partial charge in [0.1, 0.15) is 0 Å². The Morgan fingerprint density at radius 1 is 1.67 bits per heavy atom. The Kier molecular flexibility index (Phi) is 4.08. The minimum atomic E-state index is -0.279. The number of rotatable bonds is 5. The molecule has 1 aliphatic carbocycles. The summed E-state index contributed by atoms with van der Waals surface area (Å²) < 4.78 is 0. The van der Waals surface area contributed by atoms with Gasteiger partial charge in [0, 0.05) is 13.6 Å². The number of hydrogen-bond donors (Lipinski definition) is 1. The highest BCUT2D eigenvalue weighted by atomic mass is 32.1. The topological polar surface area (TPSA) is 46.3 Å². The Bertz CT molecular complexity index is 267. The molecule has 1 saturated carbocycles. The molecular formula is C11H20N2OS. The van der Waals surface area contributed by atoms with Gasteiger partial charge in [0.15, 0.2) is 0 Å². The summed E-state index contributed by atoms with van der Waals surface area (Å²) in [7, 11) is 1.84. The summed E-state index contributed by atoms with van der Waals surface area (Å²) in [6, 6.07) is 0. The maximum Gasteiger partial charge on any atom is 0.232 e. The van der Waals surface area contributed by atoms with Crippen molar-refractivity contribution in [2.75, 3.05) is 13.6 Å². The molecule has 2 N–H and O–H groups in total. The average molecular weight is 228 g/mol. The van der Waals surface area contributed by atoms with Crippen molar-refractivity contribution in [3.63, 3.8) is 0 Å². The van der Waals surface area contributed by atoms with E-state index in [4.69, 9.17) is 18.0 Å². The molecule has 1 rings (SSSR count). The highest BCUT2D eigenvalue weighted by Crippen LogP contribution is 2.38. The molecule has 3 unspecified atom stereocenters. The zero-order valence-corrected chi connectivity index (χ0v) is 10.5. The normalized spacial score (nSPS) is 25.8. The Hall–Kier alpha value is -0.640. The van der Waals surface area contributed by atoms with Crippen molar-refractivity contribution >= 4 is 23.1 Å². The number of hydrogen-bond acceptors (Lipinski definition) is 2. The minimum Gasteiger partial charge on any atom is -0.393 e. The highest BCUT2D eigenvalue weighted by Gasteiger charge is 2.35. The highest BCUT2D eigenvalue weighted by molar-refractivity contribution is 7.80. The summed E-state index contributed by atoms with van der Waals surface area (Å²) in [5, 5.41) is 0. The van der Waals surface area contributed by atoms with Gasteiger partial charge in [-0.25, -0.2) is 0 Å². The molecule has 0 saturated heterocycles. The van der Waals surface area contributed by atoms with E-state index in [-0.39, 0.29) is 11.8 Å². The Labute approximate surface area is 97.0 Å². The first kappa shape index (κ1) is 12.4. The largest absolute Gasteiger partial charge is 0.393 e. The van der Waals surface area contributed by atoms with Crippen LogP contribution >= 0.6 is 12.2 Å². The standard InChI is InChI=1S/C11H20N2OS/c1-4-9(10(12)15)11(14)13(3)6-8-5-7(8)2/h7-9H,4-6H2,1-3H3,(H2,12,15). The van der Waals surface area contributed by atoms with Crippen LogP contribution in [0.3, 0.4) is 0 Å². The quantitative estimate of drug-likeness (QED) is 0.724. The molecule has 4 heteroatoms. The van der Waals surface area contributed by atoms with E-state index in [1.54, 1.807) is 4.90 Å². The SMILES string of the molecule is CCC(C(=O)N(C)CC1CC1C)C(N)=S.